The van der Waals surface area contributed by atoms with E-state index in [0.717, 1.165) is 16.7 Å². The average Bonchev–Trinajstić information content (AvgIpc) is 2.86. The number of rotatable bonds is 11. The summed E-state index contributed by atoms with van der Waals surface area (Å²) in [5.41, 5.74) is 8.17. The van der Waals surface area contributed by atoms with E-state index in [-0.39, 0.29) is 35.1 Å². The van der Waals surface area contributed by atoms with Gasteiger partial charge in [-0.3, -0.25) is 9.79 Å². The largest absolute Gasteiger partial charge is 0.480 e. The second kappa shape index (κ2) is 12.4. The van der Waals surface area contributed by atoms with Crippen molar-refractivity contribution in [2.45, 2.75) is 35.6 Å². The van der Waals surface area contributed by atoms with Gasteiger partial charge in [-0.15, -0.1) is 0 Å². The van der Waals surface area contributed by atoms with Crippen molar-refractivity contribution >= 4 is 43.6 Å². The summed E-state index contributed by atoms with van der Waals surface area (Å²) in [6, 6.07) is 17.8. The van der Waals surface area contributed by atoms with Crippen molar-refractivity contribution in [1.29, 1.82) is 0 Å². The van der Waals surface area contributed by atoms with Crippen molar-refractivity contribution in [1.82, 2.24) is 9.44 Å². The number of sulfonamides is 2. The third-order valence-electron chi connectivity index (χ3n) is 5.44. The van der Waals surface area contributed by atoms with Crippen LogP contribution >= 0.6 is 11.6 Å². The van der Waals surface area contributed by atoms with Crippen LogP contribution in [-0.2, 0) is 24.8 Å². The molecular formula is C25H27ClN4O6S2. The third-order valence-corrected chi connectivity index (χ3v) is 8.55. The summed E-state index contributed by atoms with van der Waals surface area (Å²) >= 11 is 5.90. The zero-order valence-electron chi connectivity index (χ0n) is 20.3. The third kappa shape index (κ3) is 8.02. The molecule has 0 heterocycles. The Kier molecular flexibility index (Phi) is 9.50. The number of nitrogens with zero attached hydrogens (tertiary/aromatic N) is 1. The van der Waals surface area contributed by atoms with Crippen molar-refractivity contribution in [3.05, 3.63) is 83.4 Å². The standard InChI is InChI=1S/C25H27ClN4O6S2/c1-17-4-12-21(13-5-17)38(35,36)30-25(27)28-16-2-3-23(24(31)32)29-37(33,34)22-14-8-19(9-15-22)18-6-10-20(26)11-7-18/h4-15,23,29H,2-3,16H2,1H3,(H,31,32)(H3,27,28,30). The number of aliphatic imine (C=N–C) groups is 1. The summed E-state index contributed by atoms with van der Waals surface area (Å²) in [5.74, 6) is -1.72. The molecule has 0 aromatic heterocycles. The maximum absolute atomic E-state index is 12.8. The van der Waals surface area contributed by atoms with Gasteiger partial charge in [0, 0.05) is 11.6 Å². The van der Waals surface area contributed by atoms with Gasteiger partial charge in [0.1, 0.15) is 6.04 Å². The van der Waals surface area contributed by atoms with E-state index >= 15 is 0 Å². The molecule has 0 aliphatic heterocycles. The van der Waals surface area contributed by atoms with E-state index in [9.17, 15) is 26.7 Å². The predicted molar refractivity (Wildman–Crippen MR) is 146 cm³/mol. The molecule has 0 saturated heterocycles. The maximum atomic E-state index is 12.8. The Morgan fingerprint density at radius 2 is 1.39 bits per heavy atom. The number of nitrogens with one attached hydrogen (secondary N) is 2. The highest BCUT2D eigenvalue weighted by molar-refractivity contribution is 7.90. The molecule has 0 aliphatic rings. The lowest BCUT2D eigenvalue weighted by atomic mass is 10.1. The van der Waals surface area contributed by atoms with Crippen molar-refractivity contribution in [3.8, 4) is 11.1 Å². The molecule has 0 spiro atoms. The number of halogens is 1. The van der Waals surface area contributed by atoms with Gasteiger partial charge in [0.2, 0.25) is 16.0 Å². The number of guanidine groups is 1. The Bertz CT molecular complexity index is 1510. The highest BCUT2D eigenvalue weighted by atomic mass is 35.5. The fourth-order valence-corrected chi connectivity index (χ4v) is 5.70. The van der Waals surface area contributed by atoms with E-state index in [4.69, 9.17) is 17.3 Å². The van der Waals surface area contributed by atoms with Crippen LogP contribution in [-0.4, -0.2) is 46.5 Å². The molecule has 0 aliphatic carbocycles. The molecule has 1 unspecified atom stereocenters. The van der Waals surface area contributed by atoms with E-state index in [1.807, 2.05) is 6.92 Å². The summed E-state index contributed by atoms with van der Waals surface area (Å²) < 4.78 is 54.6. The van der Waals surface area contributed by atoms with Crippen molar-refractivity contribution in [2.75, 3.05) is 6.54 Å². The molecule has 5 N–H and O–H groups in total. The van der Waals surface area contributed by atoms with Crippen LogP contribution in [0.1, 0.15) is 18.4 Å². The molecule has 0 saturated carbocycles. The van der Waals surface area contributed by atoms with Crippen molar-refractivity contribution < 1.29 is 26.7 Å². The molecule has 13 heteroatoms. The van der Waals surface area contributed by atoms with Gasteiger partial charge >= 0.3 is 5.97 Å². The van der Waals surface area contributed by atoms with Crippen LogP contribution in [0, 0.1) is 6.92 Å². The summed E-state index contributed by atoms with van der Waals surface area (Å²) in [6.07, 6.45) is 0.0286. The van der Waals surface area contributed by atoms with Crippen LogP contribution in [0.2, 0.25) is 5.02 Å². The number of aryl methyl sites for hydroxylation is 1. The number of benzene rings is 3. The van der Waals surface area contributed by atoms with E-state index in [2.05, 4.69) is 14.4 Å². The van der Waals surface area contributed by atoms with Gasteiger partial charge in [-0.2, -0.15) is 4.72 Å². The molecule has 3 rings (SSSR count). The molecule has 0 radical (unpaired) electrons. The highest BCUT2D eigenvalue weighted by Crippen LogP contribution is 2.23. The van der Waals surface area contributed by atoms with Gasteiger partial charge < -0.3 is 10.8 Å². The topological polar surface area (TPSA) is 168 Å². The number of carboxylic acids is 1. The van der Waals surface area contributed by atoms with Crippen LogP contribution in [0.15, 0.2) is 87.6 Å². The number of hydrogen-bond acceptors (Lipinski definition) is 6. The lowest BCUT2D eigenvalue weighted by Gasteiger charge is -2.15. The normalized spacial score (nSPS) is 13.2. The summed E-state index contributed by atoms with van der Waals surface area (Å²) in [5, 5.41) is 10.1. The van der Waals surface area contributed by atoms with E-state index in [0.29, 0.717) is 5.02 Å². The zero-order chi connectivity index (χ0) is 27.9. The Hall–Kier alpha value is -3.45. The smallest absolute Gasteiger partial charge is 0.321 e. The SMILES string of the molecule is Cc1ccc(S(=O)(=O)NC(N)=NCCCC(NS(=O)(=O)c2ccc(-c3ccc(Cl)cc3)cc2)C(=O)O)cc1. The second-order valence-corrected chi connectivity index (χ2v) is 12.2. The van der Waals surface area contributed by atoms with Crippen LogP contribution < -0.4 is 15.2 Å². The van der Waals surface area contributed by atoms with Gasteiger partial charge in [0.15, 0.2) is 0 Å². The van der Waals surface area contributed by atoms with E-state index < -0.39 is 32.1 Å². The number of carbonyl (C=O) groups is 1. The second-order valence-electron chi connectivity index (χ2n) is 8.37. The first-order chi connectivity index (χ1) is 17.9. The molecule has 0 bridgehead atoms. The fourth-order valence-electron chi connectivity index (χ4n) is 3.40. The summed E-state index contributed by atoms with van der Waals surface area (Å²) in [4.78, 5) is 15.5. The van der Waals surface area contributed by atoms with Gasteiger partial charge in [-0.05, 0) is 67.3 Å². The zero-order valence-corrected chi connectivity index (χ0v) is 22.7. The first-order valence-corrected chi connectivity index (χ1v) is 14.7. The number of carboxylic acid groups (broad SMARTS) is 1. The molecule has 0 fully saturated rings. The molecule has 1 atom stereocenters. The minimum Gasteiger partial charge on any atom is -0.480 e. The van der Waals surface area contributed by atoms with E-state index in [1.54, 1.807) is 48.5 Å². The molecular weight excluding hydrogens is 552 g/mol. The Labute approximate surface area is 226 Å². The Balaban J connectivity index is 1.58. The average molecular weight is 579 g/mol. The fraction of sp³-hybridized carbons (Fsp3) is 0.200. The Morgan fingerprint density at radius 3 is 1.95 bits per heavy atom. The van der Waals surface area contributed by atoms with Gasteiger partial charge in [-0.25, -0.2) is 21.6 Å². The van der Waals surface area contributed by atoms with Crippen LogP contribution in [0.5, 0.6) is 0 Å². The highest BCUT2D eigenvalue weighted by Gasteiger charge is 2.25. The monoisotopic (exact) mass is 578 g/mol. The van der Waals surface area contributed by atoms with Gasteiger partial charge in [0.25, 0.3) is 10.0 Å². The number of hydrogen-bond donors (Lipinski definition) is 4. The lowest BCUT2D eigenvalue weighted by molar-refractivity contribution is -0.139. The minimum atomic E-state index is -4.13. The molecule has 0 amide bonds. The number of nitrogens with two attached hydrogens (primary N) is 1. The number of aliphatic carboxylic acids is 1. The van der Waals surface area contributed by atoms with Crippen molar-refractivity contribution in [3.63, 3.8) is 0 Å². The molecule has 10 nitrogen and oxygen atoms in total. The van der Waals surface area contributed by atoms with Crippen LogP contribution in [0.25, 0.3) is 11.1 Å². The summed E-state index contributed by atoms with van der Waals surface area (Å²) in [6.45, 7) is 1.80. The maximum Gasteiger partial charge on any atom is 0.321 e. The van der Waals surface area contributed by atoms with Crippen LogP contribution in [0.4, 0.5) is 0 Å². The first-order valence-electron chi connectivity index (χ1n) is 11.4. The molecule has 3 aromatic carbocycles. The van der Waals surface area contributed by atoms with Crippen LogP contribution in [0.3, 0.4) is 0 Å². The first kappa shape index (κ1) is 29.1. The lowest BCUT2D eigenvalue weighted by Crippen LogP contribution is -2.41. The quantitative estimate of drug-likeness (QED) is 0.154. The molecule has 3 aromatic rings. The predicted octanol–water partition coefficient (Wildman–Crippen LogP) is 3.12. The van der Waals surface area contributed by atoms with Gasteiger partial charge in [-0.1, -0.05) is 53.6 Å². The van der Waals surface area contributed by atoms with Crippen molar-refractivity contribution in [2.24, 2.45) is 10.7 Å². The Morgan fingerprint density at radius 1 is 0.895 bits per heavy atom. The minimum absolute atomic E-state index is 0.0165. The molecule has 202 valence electrons. The molecule has 38 heavy (non-hydrogen) atoms. The summed E-state index contributed by atoms with van der Waals surface area (Å²) in [7, 11) is -8.04. The van der Waals surface area contributed by atoms with E-state index in [1.165, 1.54) is 24.3 Å². The van der Waals surface area contributed by atoms with Gasteiger partial charge in [0.05, 0.1) is 9.79 Å².